The van der Waals surface area contributed by atoms with Crippen molar-refractivity contribution in [3.05, 3.63) is 29.3 Å². The molecule has 0 radical (unpaired) electrons. The molecule has 0 aliphatic carbocycles. The molecular formula is C16H28N2. The van der Waals surface area contributed by atoms with Gasteiger partial charge in [-0.15, -0.1) is 0 Å². The molecule has 1 aromatic rings. The zero-order chi connectivity index (χ0) is 13.9. The summed E-state index contributed by atoms with van der Waals surface area (Å²) in [6, 6.07) is 7.00. The lowest BCUT2D eigenvalue weighted by atomic mass is 9.86. The third kappa shape index (κ3) is 3.74. The first-order valence-electron chi connectivity index (χ1n) is 6.83. The van der Waals surface area contributed by atoms with Crippen LogP contribution in [-0.4, -0.2) is 12.6 Å². The highest BCUT2D eigenvalue weighted by molar-refractivity contribution is 5.54. The Kier molecular flexibility index (Phi) is 4.80. The van der Waals surface area contributed by atoms with E-state index in [9.17, 15) is 0 Å². The summed E-state index contributed by atoms with van der Waals surface area (Å²) < 4.78 is 0. The number of nitrogens with one attached hydrogen (secondary N) is 1. The van der Waals surface area contributed by atoms with E-state index in [0.717, 1.165) is 0 Å². The Balaban J connectivity index is 3.01. The number of anilines is 1. The lowest BCUT2D eigenvalue weighted by Crippen LogP contribution is -2.34. The lowest BCUT2D eigenvalue weighted by molar-refractivity contribution is 0.531. The van der Waals surface area contributed by atoms with E-state index < -0.39 is 0 Å². The summed E-state index contributed by atoms with van der Waals surface area (Å²) in [7, 11) is 0. The van der Waals surface area contributed by atoms with Crippen LogP contribution in [0, 0.1) is 12.8 Å². The predicted octanol–water partition coefficient (Wildman–Crippen LogP) is 3.69. The van der Waals surface area contributed by atoms with Crippen molar-refractivity contribution in [2.24, 2.45) is 11.7 Å². The Morgan fingerprint density at radius 1 is 1.22 bits per heavy atom. The van der Waals surface area contributed by atoms with Gasteiger partial charge in [0, 0.05) is 18.3 Å². The predicted molar refractivity (Wildman–Crippen MR) is 81.2 cm³/mol. The van der Waals surface area contributed by atoms with Crippen LogP contribution in [0.15, 0.2) is 18.2 Å². The van der Waals surface area contributed by atoms with Crippen LogP contribution in [0.25, 0.3) is 0 Å². The Morgan fingerprint density at radius 2 is 1.83 bits per heavy atom. The van der Waals surface area contributed by atoms with E-state index in [1.807, 2.05) is 0 Å². The van der Waals surface area contributed by atoms with Crippen molar-refractivity contribution in [3.63, 3.8) is 0 Å². The molecule has 0 aliphatic heterocycles. The number of nitrogens with two attached hydrogens (primary N) is 1. The fourth-order valence-corrected chi connectivity index (χ4v) is 1.94. The number of rotatable bonds is 4. The topological polar surface area (TPSA) is 38.0 Å². The molecule has 1 atom stereocenters. The summed E-state index contributed by atoms with van der Waals surface area (Å²) in [4.78, 5) is 0. The van der Waals surface area contributed by atoms with Crippen LogP contribution in [0.5, 0.6) is 0 Å². The second-order valence-corrected chi connectivity index (χ2v) is 6.51. The first kappa shape index (κ1) is 15.0. The zero-order valence-corrected chi connectivity index (χ0v) is 12.7. The molecule has 0 aromatic heterocycles. The van der Waals surface area contributed by atoms with Gasteiger partial charge in [0.2, 0.25) is 0 Å². The Hall–Kier alpha value is -1.02. The SMILES string of the molecule is Cc1ccc(C(C)(C)C)cc1NC(CN)C(C)C. The van der Waals surface area contributed by atoms with Crippen LogP contribution >= 0.6 is 0 Å². The molecule has 0 fully saturated rings. The summed E-state index contributed by atoms with van der Waals surface area (Å²) in [6.45, 7) is 13.9. The van der Waals surface area contributed by atoms with Crippen molar-refractivity contribution in [2.75, 3.05) is 11.9 Å². The van der Waals surface area contributed by atoms with E-state index in [2.05, 4.69) is 65.1 Å². The second-order valence-electron chi connectivity index (χ2n) is 6.51. The van der Waals surface area contributed by atoms with Gasteiger partial charge in [-0.1, -0.05) is 46.8 Å². The average Bonchev–Trinajstić information content (AvgIpc) is 2.25. The maximum absolute atomic E-state index is 5.83. The van der Waals surface area contributed by atoms with Crippen LogP contribution in [0.4, 0.5) is 5.69 Å². The highest BCUT2D eigenvalue weighted by Crippen LogP contribution is 2.27. The molecule has 18 heavy (non-hydrogen) atoms. The van der Waals surface area contributed by atoms with Crippen LogP contribution in [-0.2, 0) is 5.41 Å². The fraction of sp³-hybridized carbons (Fsp3) is 0.625. The van der Waals surface area contributed by atoms with E-state index >= 15 is 0 Å². The van der Waals surface area contributed by atoms with E-state index in [-0.39, 0.29) is 5.41 Å². The van der Waals surface area contributed by atoms with E-state index in [0.29, 0.717) is 18.5 Å². The van der Waals surface area contributed by atoms with Crippen molar-refractivity contribution in [3.8, 4) is 0 Å². The van der Waals surface area contributed by atoms with E-state index in [4.69, 9.17) is 5.73 Å². The molecule has 0 spiro atoms. The molecule has 0 heterocycles. The van der Waals surface area contributed by atoms with Crippen LogP contribution in [0.1, 0.15) is 45.7 Å². The monoisotopic (exact) mass is 248 g/mol. The number of hydrogen-bond acceptors (Lipinski definition) is 2. The molecule has 0 aliphatic rings. The quantitative estimate of drug-likeness (QED) is 0.853. The molecule has 2 nitrogen and oxygen atoms in total. The third-order valence-corrected chi connectivity index (χ3v) is 3.50. The number of hydrogen-bond donors (Lipinski definition) is 2. The van der Waals surface area contributed by atoms with Crippen molar-refractivity contribution in [1.82, 2.24) is 0 Å². The largest absolute Gasteiger partial charge is 0.381 e. The molecule has 1 unspecified atom stereocenters. The van der Waals surface area contributed by atoms with Crippen molar-refractivity contribution in [2.45, 2.75) is 53.0 Å². The average molecular weight is 248 g/mol. The Morgan fingerprint density at radius 3 is 2.28 bits per heavy atom. The Bertz CT molecular complexity index is 389. The number of aryl methyl sites for hydroxylation is 1. The minimum atomic E-state index is 0.181. The minimum Gasteiger partial charge on any atom is -0.381 e. The molecule has 1 rings (SSSR count). The summed E-state index contributed by atoms with van der Waals surface area (Å²) in [5.74, 6) is 0.535. The standard InChI is InChI=1S/C16H28N2/c1-11(2)15(10-17)18-14-9-13(16(4,5)6)8-7-12(14)3/h7-9,11,15,18H,10,17H2,1-6H3. The van der Waals surface area contributed by atoms with Gasteiger partial charge < -0.3 is 11.1 Å². The lowest BCUT2D eigenvalue weighted by Gasteiger charge is -2.25. The fourth-order valence-electron chi connectivity index (χ4n) is 1.94. The van der Waals surface area contributed by atoms with Gasteiger partial charge in [0.1, 0.15) is 0 Å². The molecule has 3 N–H and O–H groups in total. The van der Waals surface area contributed by atoms with Crippen LogP contribution in [0.3, 0.4) is 0 Å². The first-order valence-corrected chi connectivity index (χ1v) is 6.83. The highest BCUT2D eigenvalue weighted by Gasteiger charge is 2.17. The molecule has 1 aromatic carbocycles. The third-order valence-electron chi connectivity index (χ3n) is 3.50. The van der Waals surface area contributed by atoms with Crippen molar-refractivity contribution in [1.29, 1.82) is 0 Å². The second kappa shape index (κ2) is 5.75. The van der Waals surface area contributed by atoms with Crippen molar-refractivity contribution >= 4 is 5.69 Å². The maximum atomic E-state index is 5.83. The molecule has 0 saturated heterocycles. The van der Waals surface area contributed by atoms with E-state index in [1.54, 1.807) is 0 Å². The van der Waals surface area contributed by atoms with Gasteiger partial charge in [-0.2, -0.15) is 0 Å². The van der Waals surface area contributed by atoms with Gasteiger partial charge in [0.15, 0.2) is 0 Å². The summed E-state index contributed by atoms with van der Waals surface area (Å²) in [5.41, 5.74) is 9.86. The molecule has 0 bridgehead atoms. The number of benzene rings is 1. The van der Waals surface area contributed by atoms with E-state index in [1.165, 1.54) is 16.8 Å². The van der Waals surface area contributed by atoms with Crippen LogP contribution in [0.2, 0.25) is 0 Å². The van der Waals surface area contributed by atoms with Gasteiger partial charge in [-0.05, 0) is 35.4 Å². The van der Waals surface area contributed by atoms with Gasteiger partial charge in [-0.3, -0.25) is 0 Å². The van der Waals surface area contributed by atoms with Gasteiger partial charge in [-0.25, -0.2) is 0 Å². The van der Waals surface area contributed by atoms with Gasteiger partial charge >= 0.3 is 0 Å². The molecule has 2 heteroatoms. The smallest absolute Gasteiger partial charge is 0.0406 e. The molecular weight excluding hydrogens is 220 g/mol. The van der Waals surface area contributed by atoms with Crippen molar-refractivity contribution < 1.29 is 0 Å². The molecule has 102 valence electrons. The zero-order valence-electron chi connectivity index (χ0n) is 12.7. The summed E-state index contributed by atoms with van der Waals surface area (Å²) >= 11 is 0. The molecule has 0 amide bonds. The first-order chi connectivity index (χ1) is 8.25. The summed E-state index contributed by atoms with van der Waals surface area (Å²) in [5, 5.41) is 3.58. The summed E-state index contributed by atoms with van der Waals surface area (Å²) in [6.07, 6.45) is 0. The van der Waals surface area contributed by atoms with Gasteiger partial charge in [0.05, 0.1) is 0 Å². The Labute approximate surface area is 112 Å². The maximum Gasteiger partial charge on any atom is 0.0406 e. The highest BCUT2D eigenvalue weighted by atomic mass is 14.9. The molecule has 0 saturated carbocycles. The van der Waals surface area contributed by atoms with Crippen LogP contribution < -0.4 is 11.1 Å². The van der Waals surface area contributed by atoms with Gasteiger partial charge in [0.25, 0.3) is 0 Å². The normalized spacial score (nSPS) is 13.8. The minimum absolute atomic E-state index is 0.181.